The molecule has 1 nitrogen and oxygen atoms in total. The third kappa shape index (κ3) is 8.15. The maximum atomic E-state index is 4.94. The summed E-state index contributed by atoms with van der Waals surface area (Å²) in [6.45, 7) is 24.0. The quantitative estimate of drug-likeness (QED) is 0.315. The Bertz CT molecular complexity index is 240. The fourth-order valence-corrected chi connectivity index (χ4v) is 3.32. The third-order valence-corrected chi connectivity index (χ3v) is 6.45. The molecular weight excluding hydrogens is 467 g/mol. The molecule has 2 aliphatic carbocycles. The summed E-state index contributed by atoms with van der Waals surface area (Å²) in [5.74, 6) is 14.7. The SMILES string of the molecule is C1CCOC1.C[C]1[C](C)[C](C)[C](C)[C]1C.C[C]1[C](C)[C](C)[C](C)[C]1C.[CH3-].[Sm+3]. The molecule has 11 radical (unpaired) electrons. The van der Waals surface area contributed by atoms with Crippen LogP contribution in [0.5, 0.6) is 0 Å². The molecule has 0 unspecified atom stereocenters. The van der Waals surface area contributed by atoms with Gasteiger partial charge in [-0.25, -0.2) is 0 Å². The van der Waals surface area contributed by atoms with Crippen molar-refractivity contribution >= 4 is 0 Å². The Morgan fingerprint density at radius 2 is 0.556 bits per heavy atom. The van der Waals surface area contributed by atoms with Crippen LogP contribution in [-0.4, -0.2) is 13.2 Å². The Kier molecular flexibility index (Phi) is 16.2. The van der Waals surface area contributed by atoms with Gasteiger partial charge in [-0.15, -0.1) is 0 Å². The average Bonchev–Trinajstić information content (AvgIpc) is 3.29. The normalized spacial score (nSPS) is 25.6. The molecular formula is C25H41OSm+2. The maximum absolute atomic E-state index is 4.94. The van der Waals surface area contributed by atoms with E-state index >= 15 is 0 Å². The van der Waals surface area contributed by atoms with Crippen molar-refractivity contribution in [2.75, 3.05) is 13.2 Å². The van der Waals surface area contributed by atoms with Crippen LogP contribution >= 0.6 is 0 Å². The second-order valence-corrected chi connectivity index (χ2v) is 7.57. The molecule has 1 heterocycles. The molecule has 0 N–H and O–H groups in total. The van der Waals surface area contributed by atoms with E-state index in [-0.39, 0.29) is 47.8 Å². The molecule has 0 aromatic heterocycles. The van der Waals surface area contributed by atoms with E-state index < -0.39 is 0 Å². The van der Waals surface area contributed by atoms with Crippen molar-refractivity contribution in [3.05, 3.63) is 66.6 Å². The van der Waals surface area contributed by atoms with Crippen LogP contribution in [0.1, 0.15) is 82.1 Å². The minimum atomic E-state index is 0. The molecule has 27 heavy (non-hydrogen) atoms. The topological polar surface area (TPSA) is 9.23 Å². The molecule has 3 fully saturated rings. The Labute approximate surface area is 205 Å². The van der Waals surface area contributed by atoms with Gasteiger partial charge in [0.2, 0.25) is 0 Å². The molecule has 0 amide bonds. The van der Waals surface area contributed by atoms with Crippen LogP contribution in [0.3, 0.4) is 0 Å². The summed E-state index contributed by atoms with van der Waals surface area (Å²) in [6, 6.07) is 0. The first-order valence-electron chi connectivity index (χ1n) is 9.58. The Morgan fingerprint density at radius 1 is 0.407 bits per heavy atom. The molecule has 2 saturated carbocycles. The van der Waals surface area contributed by atoms with Crippen LogP contribution in [0.25, 0.3) is 0 Å². The zero-order valence-electron chi connectivity index (χ0n) is 19.6. The summed E-state index contributed by atoms with van der Waals surface area (Å²) in [7, 11) is 0. The first-order chi connectivity index (χ1) is 11.6. The van der Waals surface area contributed by atoms with Crippen molar-refractivity contribution in [3.63, 3.8) is 0 Å². The van der Waals surface area contributed by atoms with E-state index in [0.717, 1.165) is 13.2 Å². The van der Waals surface area contributed by atoms with Crippen LogP contribution in [0, 0.1) is 107 Å². The molecule has 3 aliphatic rings. The van der Waals surface area contributed by atoms with Gasteiger partial charge in [-0.1, -0.05) is 69.2 Å². The van der Waals surface area contributed by atoms with Gasteiger partial charge in [0.25, 0.3) is 0 Å². The fraction of sp³-hybridized carbons (Fsp3) is 0.560. The molecule has 0 aromatic rings. The summed E-state index contributed by atoms with van der Waals surface area (Å²) < 4.78 is 4.94. The van der Waals surface area contributed by atoms with Gasteiger partial charge in [0.05, 0.1) is 0 Å². The number of hydrogen-bond acceptors (Lipinski definition) is 1. The summed E-state index contributed by atoms with van der Waals surface area (Å²) in [6.07, 6.45) is 2.56. The standard InChI is InChI=1S/2C10H15.C4H8O.CH3.Sm/c2*1-6-7(2)9(4)10(5)8(6)3;1-2-4-5-3-1;;/h2*1-5H3;1-4H2;1H3;/q;;;-1;+3. The van der Waals surface area contributed by atoms with E-state index in [4.69, 9.17) is 4.74 Å². The summed E-state index contributed by atoms with van der Waals surface area (Å²) >= 11 is 0. The van der Waals surface area contributed by atoms with E-state index in [1.54, 1.807) is 0 Å². The van der Waals surface area contributed by atoms with Gasteiger partial charge in [0.15, 0.2) is 0 Å². The van der Waals surface area contributed by atoms with E-state index in [2.05, 4.69) is 69.2 Å². The first kappa shape index (κ1) is 30.5. The molecule has 0 bridgehead atoms. The summed E-state index contributed by atoms with van der Waals surface area (Å²) in [5, 5.41) is 0. The van der Waals surface area contributed by atoms with Crippen molar-refractivity contribution in [1.29, 1.82) is 0 Å². The van der Waals surface area contributed by atoms with E-state index in [1.807, 2.05) is 0 Å². The van der Waals surface area contributed by atoms with Crippen molar-refractivity contribution in [3.8, 4) is 0 Å². The van der Waals surface area contributed by atoms with E-state index in [9.17, 15) is 0 Å². The Hall–Kier alpha value is 1.30. The minimum absolute atomic E-state index is 0. The molecule has 3 rings (SSSR count). The predicted octanol–water partition coefficient (Wildman–Crippen LogP) is 7.19. The zero-order chi connectivity index (χ0) is 19.3. The second-order valence-electron chi connectivity index (χ2n) is 7.57. The monoisotopic (exact) mass is 509 g/mol. The largest absolute Gasteiger partial charge is 3.00 e. The maximum Gasteiger partial charge on any atom is 3.00 e. The van der Waals surface area contributed by atoms with Gasteiger partial charge < -0.3 is 12.2 Å². The van der Waals surface area contributed by atoms with Crippen molar-refractivity contribution in [2.45, 2.75) is 82.1 Å². The molecule has 2 heteroatoms. The average molecular weight is 508 g/mol. The number of hydrogen-bond donors (Lipinski definition) is 0. The van der Waals surface area contributed by atoms with E-state index in [1.165, 1.54) is 72.0 Å². The van der Waals surface area contributed by atoms with Crippen LogP contribution in [0.15, 0.2) is 0 Å². The van der Waals surface area contributed by atoms with Gasteiger partial charge in [-0.05, 0) is 72.0 Å². The second kappa shape index (κ2) is 14.3. The molecule has 151 valence electrons. The zero-order valence-corrected chi connectivity index (χ0v) is 22.3. The Morgan fingerprint density at radius 3 is 0.630 bits per heavy atom. The fourth-order valence-electron chi connectivity index (χ4n) is 3.32. The molecule has 0 aromatic carbocycles. The van der Waals surface area contributed by atoms with Crippen molar-refractivity contribution in [1.82, 2.24) is 0 Å². The summed E-state index contributed by atoms with van der Waals surface area (Å²) in [5.41, 5.74) is 0. The summed E-state index contributed by atoms with van der Waals surface area (Å²) in [4.78, 5) is 0. The first-order valence-corrected chi connectivity index (χ1v) is 9.58. The molecule has 0 atom stereocenters. The van der Waals surface area contributed by atoms with Crippen molar-refractivity contribution in [2.24, 2.45) is 0 Å². The minimum Gasteiger partial charge on any atom is -0.381 e. The van der Waals surface area contributed by atoms with Gasteiger partial charge in [0, 0.05) is 13.2 Å². The van der Waals surface area contributed by atoms with Crippen LogP contribution in [0.2, 0.25) is 0 Å². The number of ether oxygens (including phenoxy) is 1. The predicted molar refractivity (Wildman–Crippen MR) is 116 cm³/mol. The smallest absolute Gasteiger partial charge is 0.381 e. The van der Waals surface area contributed by atoms with Gasteiger partial charge >= 0.3 is 40.4 Å². The van der Waals surface area contributed by atoms with Gasteiger partial charge in [0.1, 0.15) is 0 Å². The third-order valence-electron chi connectivity index (χ3n) is 6.45. The van der Waals surface area contributed by atoms with E-state index in [0.29, 0.717) is 0 Å². The Balaban J connectivity index is 0. The number of rotatable bonds is 0. The molecule has 1 aliphatic heterocycles. The van der Waals surface area contributed by atoms with Crippen LogP contribution < -0.4 is 0 Å². The van der Waals surface area contributed by atoms with Crippen LogP contribution in [0.4, 0.5) is 0 Å². The molecule has 0 spiro atoms. The molecule has 1 saturated heterocycles. The van der Waals surface area contributed by atoms with Gasteiger partial charge in [-0.3, -0.25) is 0 Å². The van der Waals surface area contributed by atoms with Crippen LogP contribution in [-0.2, 0) is 4.74 Å². The van der Waals surface area contributed by atoms with Gasteiger partial charge in [-0.2, -0.15) is 0 Å². The van der Waals surface area contributed by atoms with Crippen molar-refractivity contribution < 1.29 is 45.1 Å².